The number of rotatable bonds is 9. The second-order valence-electron chi connectivity index (χ2n) is 10.8. The van der Waals surface area contributed by atoms with Gasteiger partial charge in [-0.05, 0) is 83.9 Å². The van der Waals surface area contributed by atoms with Crippen LogP contribution in [0.5, 0.6) is 23.0 Å². The zero-order valence-corrected chi connectivity index (χ0v) is 25.9. The fourth-order valence-electron chi connectivity index (χ4n) is 5.00. The van der Waals surface area contributed by atoms with Gasteiger partial charge in [-0.15, -0.1) is 0 Å². The maximum Gasteiger partial charge on any atom is 0.292 e. The first kappa shape index (κ1) is 29.9. The molecule has 6 rings (SSSR count). The summed E-state index contributed by atoms with van der Waals surface area (Å²) in [6.07, 6.45) is 7.25. The zero-order chi connectivity index (χ0) is 32.2. The van der Waals surface area contributed by atoms with E-state index < -0.39 is 0 Å². The van der Waals surface area contributed by atoms with Crippen LogP contribution in [0.3, 0.4) is 0 Å². The summed E-state index contributed by atoms with van der Waals surface area (Å²) in [7, 11) is 7.25. The second kappa shape index (κ2) is 12.8. The average Bonchev–Trinajstić information content (AvgIpc) is 3.58. The van der Waals surface area contributed by atoms with Gasteiger partial charge in [-0.1, -0.05) is 24.3 Å². The van der Waals surface area contributed by atoms with Crippen LogP contribution >= 0.6 is 0 Å². The average molecular weight is 613 g/mol. The van der Waals surface area contributed by atoms with Gasteiger partial charge in [-0.25, -0.2) is 18.3 Å². The molecule has 0 unspecified atom stereocenters. The van der Waals surface area contributed by atoms with Gasteiger partial charge in [0.1, 0.15) is 47.8 Å². The normalized spacial score (nSPS) is 11.9. The van der Waals surface area contributed by atoms with Crippen LogP contribution in [-0.2, 0) is 28.2 Å². The lowest BCUT2D eigenvalue weighted by Crippen LogP contribution is -2.39. The molecular weight excluding hydrogens is 580 g/mol. The Morgan fingerprint density at radius 3 is 1.11 bits per heavy atom. The highest BCUT2D eigenvalue weighted by Gasteiger charge is 2.12. The molecular formula is C36H32N6O4. The number of benzene rings is 4. The quantitative estimate of drug-likeness (QED) is 0.139. The smallest absolute Gasteiger partial charge is 0.292 e. The monoisotopic (exact) mass is 612 g/mol. The van der Waals surface area contributed by atoms with E-state index >= 15 is 0 Å². The number of ether oxygens (including phenoxy) is 2. The number of aromatic nitrogens is 4. The van der Waals surface area contributed by atoms with Crippen LogP contribution in [0.4, 0.5) is 11.4 Å². The Balaban J connectivity index is 1.05. The first-order chi connectivity index (χ1) is 22.2. The summed E-state index contributed by atoms with van der Waals surface area (Å²) in [5.74, 6) is 3.03. The molecule has 0 atom stereocenters. The van der Waals surface area contributed by atoms with E-state index in [4.69, 9.17) is 9.47 Å². The van der Waals surface area contributed by atoms with Crippen LogP contribution in [0.15, 0.2) is 132 Å². The summed E-state index contributed by atoms with van der Waals surface area (Å²) < 4.78 is 19.0. The van der Waals surface area contributed by atoms with Gasteiger partial charge in [0.15, 0.2) is 0 Å². The van der Waals surface area contributed by atoms with Gasteiger partial charge in [0, 0.05) is 0 Å². The van der Waals surface area contributed by atoms with E-state index in [1.54, 1.807) is 66.8 Å². The number of nitrogens with zero attached hydrogens (tertiary/aromatic N) is 6. The summed E-state index contributed by atoms with van der Waals surface area (Å²) in [4.78, 5) is 8.42. The first-order valence-electron chi connectivity index (χ1n) is 14.5. The number of aliphatic imine (C=N–C) groups is 2. The number of imidazole rings is 2. The van der Waals surface area contributed by atoms with Crippen molar-refractivity contribution in [3.8, 4) is 34.1 Å². The Kier molecular flexibility index (Phi) is 8.34. The fraction of sp³-hybridized carbons (Fsp3) is 0.111. The van der Waals surface area contributed by atoms with Crippen molar-refractivity contribution >= 4 is 23.2 Å². The zero-order valence-electron chi connectivity index (χ0n) is 25.9. The minimum atomic E-state index is -0.313. The highest BCUT2D eigenvalue weighted by atomic mass is 16.5. The van der Waals surface area contributed by atoms with Gasteiger partial charge in [-0.2, -0.15) is 0 Å². The van der Waals surface area contributed by atoms with Crippen molar-refractivity contribution in [3.63, 3.8) is 0 Å². The molecule has 0 bridgehead atoms. The molecule has 2 aromatic heterocycles. The number of hydrogen-bond donors (Lipinski definition) is 0. The molecule has 10 nitrogen and oxygen atoms in total. The maximum atomic E-state index is 12.6. The van der Waals surface area contributed by atoms with E-state index in [1.165, 1.54) is 0 Å². The maximum absolute atomic E-state index is 12.6. The van der Waals surface area contributed by atoms with Gasteiger partial charge < -0.3 is 19.7 Å². The minimum absolute atomic E-state index is 0.313. The van der Waals surface area contributed by atoms with Crippen molar-refractivity contribution in [2.75, 3.05) is 0 Å². The van der Waals surface area contributed by atoms with Crippen molar-refractivity contribution in [1.29, 1.82) is 0 Å². The molecule has 0 saturated heterocycles. The van der Waals surface area contributed by atoms with Crippen LogP contribution in [0.2, 0.25) is 0 Å². The summed E-state index contributed by atoms with van der Waals surface area (Å²) in [5.41, 5.74) is 3.17. The Morgan fingerprint density at radius 2 is 0.826 bits per heavy atom. The third-order valence-corrected chi connectivity index (χ3v) is 7.39. The Morgan fingerprint density at radius 1 is 0.522 bits per heavy atom. The van der Waals surface area contributed by atoms with E-state index in [0.29, 0.717) is 46.0 Å². The lowest BCUT2D eigenvalue weighted by Gasteiger charge is -2.10. The minimum Gasteiger partial charge on any atom is -0.853 e. The van der Waals surface area contributed by atoms with E-state index in [1.807, 2.05) is 102 Å². The Bertz CT molecular complexity index is 1830. The first-order valence-corrected chi connectivity index (χ1v) is 14.5. The predicted molar refractivity (Wildman–Crippen MR) is 170 cm³/mol. The van der Waals surface area contributed by atoms with Crippen molar-refractivity contribution < 1.29 is 28.8 Å². The van der Waals surface area contributed by atoms with E-state index in [0.717, 1.165) is 11.1 Å². The molecule has 230 valence electrons. The molecule has 0 fully saturated rings. The fourth-order valence-corrected chi connectivity index (χ4v) is 5.00. The molecule has 2 heterocycles. The van der Waals surface area contributed by atoms with Gasteiger partial charge in [0.25, 0.3) is 11.6 Å². The molecule has 0 radical (unpaired) electrons. The number of aryl methyl sites for hydroxylation is 4. The lowest BCUT2D eigenvalue weighted by molar-refractivity contribution is -0.674. The summed E-state index contributed by atoms with van der Waals surface area (Å²) in [6, 6.07) is 29.8. The highest BCUT2D eigenvalue weighted by molar-refractivity contribution is 5.88. The van der Waals surface area contributed by atoms with Crippen LogP contribution in [0.1, 0.15) is 11.6 Å². The third-order valence-electron chi connectivity index (χ3n) is 7.39. The summed E-state index contributed by atoms with van der Waals surface area (Å²) in [6.45, 7) is 0. The van der Waals surface area contributed by atoms with E-state index in [2.05, 4.69) is 9.98 Å². The van der Waals surface area contributed by atoms with Crippen molar-refractivity contribution in [3.05, 3.63) is 133 Å². The molecule has 0 N–H and O–H groups in total. The van der Waals surface area contributed by atoms with Crippen LogP contribution < -0.4 is 28.8 Å². The Labute approximate surface area is 266 Å². The predicted octanol–water partition coefficient (Wildman–Crippen LogP) is 4.14. The van der Waals surface area contributed by atoms with Gasteiger partial charge in [-0.3, -0.25) is 9.98 Å². The largest absolute Gasteiger partial charge is 0.853 e. The molecule has 46 heavy (non-hydrogen) atoms. The molecule has 6 aromatic rings. The molecule has 0 aliphatic heterocycles. The molecule has 0 aliphatic carbocycles. The highest BCUT2D eigenvalue weighted by Crippen LogP contribution is 2.30. The second-order valence-corrected chi connectivity index (χ2v) is 10.8. The third kappa shape index (κ3) is 6.66. The standard InChI is InChI=1S/C36H32N6O4/c1-39-21-22-40(2)35(39)33(43)37-27-9-17-31(18-10-27)45-29-13-5-25(6-14-29)26-7-15-30(16-8-26)46-32-19-11-28(12-20-32)38-34(44)36-41(3)23-24-42(36)4/h5-24H,1-4H3. The van der Waals surface area contributed by atoms with Gasteiger partial charge in [0.05, 0.1) is 51.4 Å². The lowest BCUT2D eigenvalue weighted by atomic mass is 10.1. The summed E-state index contributed by atoms with van der Waals surface area (Å²) in [5, 5.41) is 25.1. The molecule has 0 aliphatic rings. The van der Waals surface area contributed by atoms with Crippen molar-refractivity contribution in [2.45, 2.75) is 0 Å². The van der Waals surface area contributed by atoms with Gasteiger partial charge >= 0.3 is 0 Å². The van der Waals surface area contributed by atoms with Crippen molar-refractivity contribution in [1.82, 2.24) is 9.13 Å². The number of hydrogen-bond acceptors (Lipinski definition) is 6. The molecule has 0 spiro atoms. The van der Waals surface area contributed by atoms with E-state index in [-0.39, 0.29) is 11.8 Å². The molecule has 0 amide bonds. The topological polar surface area (TPSA) is 107 Å². The van der Waals surface area contributed by atoms with E-state index in [9.17, 15) is 10.2 Å². The van der Waals surface area contributed by atoms with Gasteiger partial charge in [0.2, 0.25) is 0 Å². The van der Waals surface area contributed by atoms with Crippen LogP contribution in [0, 0.1) is 0 Å². The Hall–Kier alpha value is -6.16. The van der Waals surface area contributed by atoms with Crippen LogP contribution in [0.25, 0.3) is 11.1 Å². The van der Waals surface area contributed by atoms with Crippen molar-refractivity contribution in [2.24, 2.45) is 38.2 Å². The molecule has 0 saturated carbocycles. The SMILES string of the molecule is Cn1cc[n+](C)c1C([O-])=Nc1ccc(Oc2ccc(-c3ccc(Oc4ccc(N=C([O-])c5n(C)cc[n+]5C)cc4)cc3)cc2)cc1. The van der Waals surface area contributed by atoms with Crippen LogP contribution in [-0.4, -0.2) is 20.9 Å². The molecule has 10 heteroatoms. The summed E-state index contributed by atoms with van der Waals surface area (Å²) >= 11 is 0. The molecule has 4 aromatic carbocycles.